The SMILES string of the molecule is CCCn1c(-c2ccc(O)cc2)ccc1-c1ccc(C(=O)O)cc1. The summed E-state index contributed by atoms with van der Waals surface area (Å²) in [5, 5.41) is 18.5. The van der Waals surface area contributed by atoms with Crippen LogP contribution < -0.4 is 0 Å². The van der Waals surface area contributed by atoms with Crippen LogP contribution in [0.3, 0.4) is 0 Å². The number of phenolic OH excluding ortho intramolecular Hbond substituents is 1. The summed E-state index contributed by atoms with van der Waals surface area (Å²) in [5.41, 5.74) is 4.44. The van der Waals surface area contributed by atoms with E-state index in [1.165, 1.54) is 0 Å². The Kier molecular flexibility index (Phi) is 4.38. The van der Waals surface area contributed by atoms with Crippen molar-refractivity contribution in [2.75, 3.05) is 0 Å². The number of aromatic nitrogens is 1. The number of carboxylic acid groups (broad SMARTS) is 1. The van der Waals surface area contributed by atoms with E-state index in [9.17, 15) is 9.90 Å². The fraction of sp³-hybridized carbons (Fsp3) is 0.150. The maximum Gasteiger partial charge on any atom is 0.335 e. The molecular weight excluding hydrogens is 302 g/mol. The number of carboxylic acids is 1. The molecule has 0 saturated carbocycles. The van der Waals surface area contributed by atoms with Gasteiger partial charge in [-0.05, 0) is 66.1 Å². The predicted molar refractivity (Wildman–Crippen MR) is 94.2 cm³/mol. The standard InChI is InChI=1S/C20H19NO3/c1-2-13-21-18(14-3-5-16(6-4-14)20(23)24)11-12-19(21)15-7-9-17(22)10-8-15/h3-12,22H,2,13H2,1H3,(H,23,24). The molecule has 0 radical (unpaired) electrons. The number of aromatic hydroxyl groups is 1. The van der Waals surface area contributed by atoms with E-state index in [1.54, 1.807) is 24.3 Å². The zero-order chi connectivity index (χ0) is 17.1. The van der Waals surface area contributed by atoms with Crippen molar-refractivity contribution in [2.45, 2.75) is 19.9 Å². The van der Waals surface area contributed by atoms with Crippen molar-refractivity contribution in [1.29, 1.82) is 0 Å². The van der Waals surface area contributed by atoms with Crippen LogP contribution >= 0.6 is 0 Å². The van der Waals surface area contributed by atoms with Crippen LogP contribution in [0.25, 0.3) is 22.5 Å². The largest absolute Gasteiger partial charge is 0.508 e. The molecule has 0 saturated heterocycles. The van der Waals surface area contributed by atoms with E-state index >= 15 is 0 Å². The molecule has 0 atom stereocenters. The highest BCUT2D eigenvalue weighted by Crippen LogP contribution is 2.30. The zero-order valence-corrected chi connectivity index (χ0v) is 13.4. The number of phenols is 1. The molecule has 3 rings (SSSR count). The molecule has 4 nitrogen and oxygen atoms in total. The number of benzene rings is 2. The number of nitrogens with zero attached hydrogens (tertiary/aromatic N) is 1. The molecule has 0 aliphatic rings. The topological polar surface area (TPSA) is 62.5 Å². The molecular formula is C20H19NO3. The van der Waals surface area contributed by atoms with Crippen LogP contribution in [0.1, 0.15) is 23.7 Å². The normalized spacial score (nSPS) is 10.7. The van der Waals surface area contributed by atoms with Crippen LogP contribution in [-0.2, 0) is 6.54 Å². The van der Waals surface area contributed by atoms with Gasteiger partial charge in [0.25, 0.3) is 0 Å². The summed E-state index contributed by atoms with van der Waals surface area (Å²) >= 11 is 0. The Morgan fingerprint density at radius 2 is 1.38 bits per heavy atom. The van der Waals surface area contributed by atoms with Gasteiger partial charge in [0.1, 0.15) is 5.75 Å². The van der Waals surface area contributed by atoms with Crippen LogP contribution in [0.4, 0.5) is 0 Å². The first-order chi connectivity index (χ1) is 11.6. The van der Waals surface area contributed by atoms with Gasteiger partial charge in [0.05, 0.1) is 5.56 Å². The minimum Gasteiger partial charge on any atom is -0.508 e. The van der Waals surface area contributed by atoms with Crippen molar-refractivity contribution >= 4 is 5.97 Å². The molecule has 1 heterocycles. The first kappa shape index (κ1) is 15.9. The van der Waals surface area contributed by atoms with Gasteiger partial charge in [-0.15, -0.1) is 0 Å². The van der Waals surface area contributed by atoms with Crippen molar-refractivity contribution in [3.8, 4) is 28.3 Å². The van der Waals surface area contributed by atoms with E-state index < -0.39 is 5.97 Å². The van der Waals surface area contributed by atoms with Crippen molar-refractivity contribution < 1.29 is 15.0 Å². The summed E-state index contributed by atoms with van der Waals surface area (Å²) in [6.07, 6.45) is 0.986. The van der Waals surface area contributed by atoms with Crippen LogP contribution in [0.15, 0.2) is 60.7 Å². The molecule has 1 aromatic heterocycles. The Bertz CT molecular complexity index is 846. The van der Waals surface area contributed by atoms with Gasteiger partial charge >= 0.3 is 5.97 Å². The monoisotopic (exact) mass is 321 g/mol. The third-order valence-electron chi connectivity index (χ3n) is 4.02. The van der Waals surface area contributed by atoms with Crippen molar-refractivity contribution in [1.82, 2.24) is 4.57 Å². The molecule has 122 valence electrons. The minimum absolute atomic E-state index is 0.247. The molecule has 0 fully saturated rings. The second-order valence-corrected chi connectivity index (χ2v) is 5.68. The van der Waals surface area contributed by atoms with Gasteiger partial charge in [-0.1, -0.05) is 19.1 Å². The molecule has 0 unspecified atom stereocenters. The number of hydrogen-bond acceptors (Lipinski definition) is 2. The molecule has 4 heteroatoms. The van der Waals surface area contributed by atoms with Crippen LogP contribution in [-0.4, -0.2) is 20.7 Å². The third kappa shape index (κ3) is 3.04. The summed E-state index contributed by atoms with van der Waals surface area (Å²) in [5.74, 6) is -0.674. The Labute approximate surface area is 140 Å². The summed E-state index contributed by atoms with van der Waals surface area (Å²) < 4.78 is 2.22. The predicted octanol–water partition coefficient (Wildman–Crippen LogP) is 4.64. The van der Waals surface area contributed by atoms with Gasteiger partial charge < -0.3 is 14.8 Å². The molecule has 0 amide bonds. The third-order valence-corrected chi connectivity index (χ3v) is 4.02. The highest BCUT2D eigenvalue weighted by molar-refractivity contribution is 5.88. The van der Waals surface area contributed by atoms with Crippen LogP contribution in [0.5, 0.6) is 5.75 Å². The maximum absolute atomic E-state index is 11.0. The Morgan fingerprint density at radius 1 is 0.875 bits per heavy atom. The lowest BCUT2D eigenvalue weighted by molar-refractivity contribution is 0.0697. The quantitative estimate of drug-likeness (QED) is 0.720. The van der Waals surface area contributed by atoms with Gasteiger partial charge in [-0.25, -0.2) is 4.79 Å². The van der Waals surface area contributed by atoms with Crippen molar-refractivity contribution in [3.63, 3.8) is 0 Å². The van der Waals surface area contributed by atoms with Gasteiger partial charge in [0.15, 0.2) is 0 Å². The fourth-order valence-corrected chi connectivity index (χ4v) is 2.85. The van der Waals surface area contributed by atoms with Gasteiger partial charge in [0.2, 0.25) is 0 Å². The summed E-state index contributed by atoms with van der Waals surface area (Å²) in [6.45, 7) is 2.98. The zero-order valence-electron chi connectivity index (χ0n) is 13.4. The Balaban J connectivity index is 2.05. The summed E-state index contributed by atoms with van der Waals surface area (Å²) in [7, 11) is 0. The molecule has 0 aliphatic heterocycles. The van der Waals surface area contributed by atoms with Crippen LogP contribution in [0, 0.1) is 0 Å². The molecule has 3 aromatic rings. The first-order valence-electron chi connectivity index (χ1n) is 7.93. The smallest absolute Gasteiger partial charge is 0.335 e. The highest BCUT2D eigenvalue weighted by atomic mass is 16.4. The average Bonchev–Trinajstić information content (AvgIpc) is 3.00. The van der Waals surface area contributed by atoms with E-state index in [1.807, 2.05) is 30.3 Å². The number of carbonyl (C=O) groups is 1. The lowest BCUT2D eigenvalue weighted by atomic mass is 10.1. The molecule has 24 heavy (non-hydrogen) atoms. The van der Waals surface area contributed by atoms with Gasteiger partial charge in [-0.2, -0.15) is 0 Å². The van der Waals surface area contributed by atoms with Crippen LogP contribution in [0.2, 0.25) is 0 Å². The van der Waals surface area contributed by atoms with E-state index in [-0.39, 0.29) is 11.3 Å². The molecule has 0 bridgehead atoms. The van der Waals surface area contributed by atoms with Crippen molar-refractivity contribution in [2.24, 2.45) is 0 Å². The number of rotatable bonds is 5. The summed E-state index contributed by atoms with van der Waals surface area (Å²) in [4.78, 5) is 11.0. The molecule has 0 spiro atoms. The van der Waals surface area contributed by atoms with E-state index in [0.29, 0.717) is 0 Å². The number of hydrogen-bond donors (Lipinski definition) is 2. The van der Waals surface area contributed by atoms with Gasteiger partial charge in [-0.3, -0.25) is 0 Å². The number of aromatic carboxylic acids is 1. The van der Waals surface area contributed by atoms with Crippen molar-refractivity contribution in [3.05, 3.63) is 66.2 Å². The van der Waals surface area contributed by atoms with Gasteiger partial charge in [0, 0.05) is 17.9 Å². The first-order valence-corrected chi connectivity index (χ1v) is 7.93. The van der Waals surface area contributed by atoms with E-state index in [0.717, 1.165) is 35.5 Å². The second kappa shape index (κ2) is 6.62. The fourth-order valence-electron chi connectivity index (χ4n) is 2.85. The van der Waals surface area contributed by atoms with E-state index in [4.69, 9.17) is 5.11 Å². The van der Waals surface area contributed by atoms with E-state index in [2.05, 4.69) is 17.6 Å². The molecule has 2 N–H and O–H groups in total. The molecule has 0 aliphatic carbocycles. The minimum atomic E-state index is -0.921. The Hall–Kier alpha value is -3.01. The Morgan fingerprint density at radius 3 is 1.83 bits per heavy atom. The second-order valence-electron chi connectivity index (χ2n) is 5.68. The maximum atomic E-state index is 11.0. The molecule has 2 aromatic carbocycles. The summed E-state index contributed by atoms with van der Waals surface area (Å²) in [6, 6.07) is 18.2. The highest BCUT2D eigenvalue weighted by Gasteiger charge is 2.12. The lowest BCUT2D eigenvalue weighted by Crippen LogP contribution is -2.02. The lowest BCUT2D eigenvalue weighted by Gasteiger charge is -2.13. The average molecular weight is 321 g/mol.